The van der Waals surface area contributed by atoms with E-state index in [1.807, 2.05) is 18.2 Å². The standard InChI is InChI=1S/C17H17Cl2N/c18-14-6-7-15(16(19)11-14)17-13(8-9-20-17)10-12-4-2-1-3-5-12/h1-7,11,13,17,20H,8-10H2. The van der Waals surface area contributed by atoms with Gasteiger partial charge in [0.25, 0.3) is 0 Å². The van der Waals surface area contributed by atoms with Crippen molar-refractivity contribution in [3.8, 4) is 0 Å². The summed E-state index contributed by atoms with van der Waals surface area (Å²) in [7, 11) is 0. The molecule has 0 radical (unpaired) electrons. The predicted molar refractivity (Wildman–Crippen MR) is 85.5 cm³/mol. The van der Waals surface area contributed by atoms with Crippen molar-refractivity contribution in [1.29, 1.82) is 0 Å². The Bertz CT molecular complexity index is 583. The highest BCUT2D eigenvalue weighted by Crippen LogP contribution is 2.36. The summed E-state index contributed by atoms with van der Waals surface area (Å²) in [6.45, 7) is 1.04. The second-order valence-electron chi connectivity index (χ2n) is 5.34. The van der Waals surface area contributed by atoms with Gasteiger partial charge >= 0.3 is 0 Å². The van der Waals surface area contributed by atoms with Crippen LogP contribution in [0, 0.1) is 5.92 Å². The van der Waals surface area contributed by atoms with E-state index in [-0.39, 0.29) is 0 Å². The fourth-order valence-electron chi connectivity index (χ4n) is 3.01. The van der Waals surface area contributed by atoms with Gasteiger partial charge in [-0.1, -0.05) is 59.6 Å². The maximum absolute atomic E-state index is 6.35. The van der Waals surface area contributed by atoms with E-state index in [9.17, 15) is 0 Å². The lowest BCUT2D eigenvalue weighted by molar-refractivity contribution is 0.460. The van der Waals surface area contributed by atoms with Crippen molar-refractivity contribution in [3.63, 3.8) is 0 Å². The number of halogens is 2. The van der Waals surface area contributed by atoms with Gasteiger partial charge in [0.1, 0.15) is 0 Å². The molecule has 1 aliphatic rings. The van der Waals surface area contributed by atoms with Crippen molar-refractivity contribution < 1.29 is 0 Å². The minimum Gasteiger partial charge on any atom is -0.310 e. The third kappa shape index (κ3) is 3.01. The van der Waals surface area contributed by atoms with Crippen molar-refractivity contribution in [2.24, 2.45) is 5.92 Å². The first-order valence-electron chi connectivity index (χ1n) is 6.96. The molecule has 1 saturated heterocycles. The predicted octanol–water partition coefficient (Wildman–Crippen LogP) is 4.89. The highest BCUT2D eigenvalue weighted by atomic mass is 35.5. The number of hydrogen-bond acceptors (Lipinski definition) is 1. The maximum Gasteiger partial charge on any atom is 0.0468 e. The molecular formula is C17H17Cl2N. The molecule has 1 nitrogen and oxygen atoms in total. The molecule has 0 amide bonds. The summed E-state index contributed by atoms with van der Waals surface area (Å²) in [6, 6.07) is 16.8. The smallest absolute Gasteiger partial charge is 0.0468 e. The van der Waals surface area contributed by atoms with Gasteiger partial charge < -0.3 is 5.32 Å². The van der Waals surface area contributed by atoms with E-state index >= 15 is 0 Å². The molecule has 2 aromatic rings. The van der Waals surface area contributed by atoms with Crippen LogP contribution in [0.1, 0.15) is 23.6 Å². The lowest BCUT2D eigenvalue weighted by atomic mass is 9.88. The van der Waals surface area contributed by atoms with Gasteiger partial charge in [-0.25, -0.2) is 0 Å². The molecule has 3 rings (SSSR count). The second kappa shape index (κ2) is 6.17. The largest absolute Gasteiger partial charge is 0.310 e. The lowest BCUT2D eigenvalue weighted by Crippen LogP contribution is -2.19. The number of nitrogens with one attached hydrogen (secondary N) is 1. The van der Waals surface area contributed by atoms with Crippen LogP contribution in [0.2, 0.25) is 10.0 Å². The van der Waals surface area contributed by atoms with Crippen LogP contribution in [-0.2, 0) is 6.42 Å². The molecule has 0 saturated carbocycles. The van der Waals surface area contributed by atoms with E-state index in [0.717, 1.165) is 23.6 Å². The monoisotopic (exact) mass is 305 g/mol. The Labute approximate surface area is 129 Å². The SMILES string of the molecule is Clc1ccc(C2NCCC2Cc2ccccc2)c(Cl)c1. The van der Waals surface area contributed by atoms with Gasteiger partial charge in [0.15, 0.2) is 0 Å². The fourth-order valence-corrected chi connectivity index (χ4v) is 3.54. The average Bonchev–Trinajstić information content (AvgIpc) is 2.88. The maximum atomic E-state index is 6.35. The third-order valence-corrected chi connectivity index (χ3v) is 4.55. The lowest BCUT2D eigenvalue weighted by Gasteiger charge is -2.21. The van der Waals surface area contributed by atoms with Gasteiger partial charge in [0.05, 0.1) is 0 Å². The summed E-state index contributed by atoms with van der Waals surface area (Å²) in [5.41, 5.74) is 2.55. The number of rotatable bonds is 3. The van der Waals surface area contributed by atoms with Crippen LogP contribution in [0.3, 0.4) is 0 Å². The zero-order chi connectivity index (χ0) is 13.9. The molecule has 2 unspecified atom stereocenters. The molecule has 2 atom stereocenters. The Morgan fingerprint density at radius 1 is 1.05 bits per heavy atom. The van der Waals surface area contributed by atoms with Gasteiger partial charge in [-0.3, -0.25) is 0 Å². The van der Waals surface area contributed by atoms with Crippen molar-refractivity contribution in [2.45, 2.75) is 18.9 Å². The van der Waals surface area contributed by atoms with E-state index in [0.29, 0.717) is 17.0 Å². The Kier molecular flexibility index (Phi) is 4.30. The van der Waals surface area contributed by atoms with E-state index < -0.39 is 0 Å². The summed E-state index contributed by atoms with van der Waals surface area (Å²) < 4.78 is 0. The average molecular weight is 306 g/mol. The van der Waals surface area contributed by atoms with Gasteiger partial charge in [0.2, 0.25) is 0 Å². The molecule has 20 heavy (non-hydrogen) atoms. The summed E-state index contributed by atoms with van der Waals surface area (Å²) in [5, 5.41) is 5.03. The summed E-state index contributed by atoms with van der Waals surface area (Å²) in [6.07, 6.45) is 2.26. The Hall–Kier alpha value is -1.02. The quantitative estimate of drug-likeness (QED) is 0.851. The number of benzene rings is 2. The molecular weight excluding hydrogens is 289 g/mol. The number of hydrogen-bond donors (Lipinski definition) is 1. The minimum absolute atomic E-state index is 0.319. The van der Waals surface area contributed by atoms with Crippen molar-refractivity contribution >= 4 is 23.2 Å². The van der Waals surface area contributed by atoms with Crippen LogP contribution in [0.15, 0.2) is 48.5 Å². The molecule has 2 aromatic carbocycles. The first-order chi connectivity index (χ1) is 9.74. The molecule has 0 aliphatic carbocycles. The van der Waals surface area contributed by atoms with Gasteiger partial charge in [-0.15, -0.1) is 0 Å². The van der Waals surface area contributed by atoms with Crippen LogP contribution in [0.5, 0.6) is 0 Å². The molecule has 0 aromatic heterocycles. The third-order valence-electron chi connectivity index (χ3n) is 3.99. The molecule has 104 valence electrons. The molecule has 0 spiro atoms. The first kappa shape index (κ1) is 13.9. The molecule has 1 aliphatic heterocycles. The van der Waals surface area contributed by atoms with Gasteiger partial charge in [-0.2, -0.15) is 0 Å². The van der Waals surface area contributed by atoms with Gasteiger partial charge in [0, 0.05) is 16.1 Å². The Balaban J connectivity index is 1.82. The summed E-state index contributed by atoms with van der Waals surface area (Å²) >= 11 is 12.3. The second-order valence-corrected chi connectivity index (χ2v) is 6.18. The van der Waals surface area contributed by atoms with E-state index in [1.54, 1.807) is 0 Å². The highest BCUT2D eigenvalue weighted by Gasteiger charge is 2.29. The van der Waals surface area contributed by atoms with Crippen molar-refractivity contribution in [2.75, 3.05) is 6.54 Å². The topological polar surface area (TPSA) is 12.0 Å². The first-order valence-corrected chi connectivity index (χ1v) is 7.72. The van der Waals surface area contributed by atoms with E-state index in [1.165, 1.54) is 12.0 Å². The van der Waals surface area contributed by atoms with Crippen LogP contribution in [-0.4, -0.2) is 6.54 Å². The van der Waals surface area contributed by atoms with Crippen LogP contribution in [0.4, 0.5) is 0 Å². The van der Waals surface area contributed by atoms with Crippen LogP contribution in [0.25, 0.3) is 0 Å². The zero-order valence-electron chi connectivity index (χ0n) is 11.2. The van der Waals surface area contributed by atoms with Crippen molar-refractivity contribution in [3.05, 3.63) is 69.7 Å². The summed E-state index contributed by atoms with van der Waals surface area (Å²) in [4.78, 5) is 0. The molecule has 1 fully saturated rings. The minimum atomic E-state index is 0.319. The summed E-state index contributed by atoms with van der Waals surface area (Å²) in [5.74, 6) is 0.580. The Morgan fingerprint density at radius 3 is 2.60 bits per heavy atom. The van der Waals surface area contributed by atoms with Gasteiger partial charge in [-0.05, 0) is 48.6 Å². The normalized spacial score (nSPS) is 22.1. The van der Waals surface area contributed by atoms with Crippen LogP contribution >= 0.6 is 23.2 Å². The van der Waals surface area contributed by atoms with Crippen molar-refractivity contribution in [1.82, 2.24) is 5.32 Å². The molecule has 3 heteroatoms. The van der Waals surface area contributed by atoms with Crippen LogP contribution < -0.4 is 5.32 Å². The molecule has 1 heterocycles. The molecule has 0 bridgehead atoms. The van der Waals surface area contributed by atoms with E-state index in [2.05, 4.69) is 35.6 Å². The van der Waals surface area contributed by atoms with E-state index in [4.69, 9.17) is 23.2 Å². The fraction of sp³-hybridized carbons (Fsp3) is 0.294. The Morgan fingerprint density at radius 2 is 1.85 bits per heavy atom. The highest BCUT2D eigenvalue weighted by molar-refractivity contribution is 6.35. The zero-order valence-corrected chi connectivity index (χ0v) is 12.7. The molecule has 1 N–H and O–H groups in total.